The summed E-state index contributed by atoms with van der Waals surface area (Å²) in [5.74, 6) is -0.769. The summed E-state index contributed by atoms with van der Waals surface area (Å²) in [6, 6.07) is 9.66. The molecule has 0 atom stereocenters. The molecule has 9 heteroatoms. The van der Waals surface area contributed by atoms with Gasteiger partial charge in [-0.25, -0.2) is 14.1 Å². The number of nitrogens with zero attached hydrogens (tertiary/aromatic N) is 4. The zero-order valence-electron chi connectivity index (χ0n) is 15.0. The number of aromatic nitrogens is 4. The lowest BCUT2D eigenvalue weighted by atomic mass is 10.2. The van der Waals surface area contributed by atoms with E-state index in [1.54, 1.807) is 17.8 Å². The van der Waals surface area contributed by atoms with E-state index >= 15 is 0 Å². The first-order valence-corrected chi connectivity index (χ1v) is 9.33. The van der Waals surface area contributed by atoms with E-state index in [-0.39, 0.29) is 17.7 Å². The van der Waals surface area contributed by atoms with Crippen LogP contribution in [0.4, 0.5) is 4.39 Å². The predicted octanol–water partition coefficient (Wildman–Crippen LogP) is 2.72. The Morgan fingerprint density at radius 1 is 1.36 bits per heavy atom. The number of aryl methyl sites for hydroxylation is 1. The fourth-order valence-electron chi connectivity index (χ4n) is 3.12. The van der Waals surface area contributed by atoms with Crippen LogP contribution in [0, 0.1) is 5.41 Å². The molecular weight excluding hydrogens is 379 g/mol. The molecule has 0 aliphatic rings. The number of allylic oxidation sites excluding steroid dienone is 2. The summed E-state index contributed by atoms with van der Waals surface area (Å²) in [7, 11) is 1.78. The Balaban J connectivity index is 1.79. The van der Waals surface area contributed by atoms with Crippen molar-refractivity contribution in [2.75, 3.05) is 0 Å². The van der Waals surface area contributed by atoms with Crippen LogP contribution in [0.5, 0.6) is 0 Å². The molecule has 0 saturated heterocycles. The van der Waals surface area contributed by atoms with Crippen molar-refractivity contribution in [3.8, 4) is 0 Å². The van der Waals surface area contributed by atoms with Gasteiger partial charge in [-0.15, -0.1) is 11.3 Å². The SMILES string of the molecule is Cn1c2nc(CC(N)=C(F)C=N)sc2c2cnn(Cc3ccccc3)c(=O)c21. The summed E-state index contributed by atoms with van der Waals surface area (Å²) in [5.41, 5.74) is 7.59. The molecular formula is C19H17FN6OS. The predicted molar refractivity (Wildman–Crippen MR) is 109 cm³/mol. The number of rotatable bonds is 5. The van der Waals surface area contributed by atoms with Crippen molar-refractivity contribution in [2.45, 2.75) is 13.0 Å². The van der Waals surface area contributed by atoms with Crippen molar-refractivity contribution in [2.24, 2.45) is 12.8 Å². The van der Waals surface area contributed by atoms with Gasteiger partial charge < -0.3 is 15.7 Å². The van der Waals surface area contributed by atoms with Gasteiger partial charge in [0.15, 0.2) is 11.5 Å². The van der Waals surface area contributed by atoms with Gasteiger partial charge in [0.25, 0.3) is 5.56 Å². The molecule has 0 unspecified atom stereocenters. The normalized spacial score (nSPS) is 12.5. The number of fused-ring (bicyclic) bond motifs is 3. The highest BCUT2D eigenvalue weighted by molar-refractivity contribution is 7.19. The Kier molecular flexibility index (Phi) is 4.52. The molecule has 0 bridgehead atoms. The van der Waals surface area contributed by atoms with Crippen LogP contribution in [0.15, 0.2) is 52.8 Å². The molecule has 4 aromatic rings. The molecule has 0 spiro atoms. The molecule has 0 amide bonds. The Morgan fingerprint density at radius 3 is 2.82 bits per heavy atom. The molecule has 0 aliphatic heterocycles. The third-order valence-electron chi connectivity index (χ3n) is 4.52. The summed E-state index contributed by atoms with van der Waals surface area (Å²) < 4.78 is 17.4. The largest absolute Gasteiger partial charge is 0.399 e. The van der Waals surface area contributed by atoms with Crippen molar-refractivity contribution in [1.29, 1.82) is 5.41 Å². The van der Waals surface area contributed by atoms with Crippen LogP contribution in [0.1, 0.15) is 10.6 Å². The number of thiazole rings is 1. The second-order valence-corrected chi connectivity index (χ2v) is 7.45. The first-order valence-electron chi connectivity index (χ1n) is 8.52. The van der Waals surface area contributed by atoms with Crippen molar-refractivity contribution in [3.05, 3.63) is 69.0 Å². The number of hydrogen-bond acceptors (Lipinski definition) is 6. The van der Waals surface area contributed by atoms with E-state index in [2.05, 4.69) is 10.1 Å². The van der Waals surface area contributed by atoms with Crippen LogP contribution >= 0.6 is 11.3 Å². The summed E-state index contributed by atoms with van der Waals surface area (Å²) in [5, 5.41) is 12.6. The maximum absolute atomic E-state index is 13.4. The van der Waals surface area contributed by atoms with Gasteiger partial charge >= 0.3 is 0 Å². The molecule has 3 heterocycles. The van der Waals surface area contributed by atoms with E-state index in [4.69, 9.17) is 11.1 Å². The summed E-state index contributed by atoms with van der Waals surface area (Å²) >= 11 is 1.35. The fraction of sp³-hybridized carbons (Fsp3) is 0.158. The van der Waals surface area contributed by atoms with Crippen molar-refractivity contribution in [3.63, 3.8) is 0 Å². The van der Waals surface area contributed by atoms with Crippen molar-refractivity contribution in [1.82, 2.24) is 19.3 Å². The average molecular weight is 396 g/mol. The minimum atomic E-state index is -0.769. The maximum atomic E-state index is 13.4. The highest BCUT2D eigenvalue weighted by Crippen LogP contribution is 2.31. The minimum absolute atomic E-state index is 0.0401. The quantitative estimate of drug-likeness (QED) is 0.506. The maximum Gasteiger partial charge on any atom is 0.291 e. The fourth-order valence-corrected chi connectivity index (χ4v) is 4.25. The third kappa shape index (κ3) is 2.99. The van der Waals surface area contributed by atoms with Gasteiger partial charge in [0.2, 0.25) is 0 Å². The lowest BCUT2D eigenvalue weighted by Gasteiger charge is -2.05. The van der Waals surface area contributed by atoms with Gasteiger partial charge in [0, 0.05) is 18.9 Å². The van der Waals surface area contributed by atoms with Gasteiger partial charge in [0.1, 0.15) is 10.5 Å². The van der Waals surface area contributed by atoms with E-state index in [0.29, 0.717) is 34.3 Å². The van der Waals surface area contributed by atoms with E-state index in [0.717, 1.165) is 10.3 Å². The number of nitrogens with two attached hydrogens (primary N) is 1. The number of hydrogen-bond donors (Lipinski definition) is 2. The molecule has 1 aromatic carbocycles. The molecule has 0 radical (unpaired) electrons. The van der Waals surface area contributed by atoms with Gasteiger partial charge in [-0.3, -0.25) is 4.79 Å². The Hall–Kier alpha value is -3.33. The third-order valence-corrected chi connectivity index (χ3v) is 5.60. The van der Waals surface area contributed by atoms with Crippen LogP contribution in [-0.2, 0) is 20.0 Å². The minimum Gasteiger partial charge on any atom is -0.399 e. The lowest BCUT2D eigenvalue weighted by Crippen LogP contribution is -2.24. The average Bonchev–Trinajstić information content (AvgIpc) is 3.22. The van der Waals surface area contributed by atoms with Crippen molar-refractivity contribution >= 4 is 38.8 Å². The van der Waals surface area contributed by atoms with Crippen LogP contribution < -0.4 is 11.3 Å². The zero-order valence-corrected chi connectivity index (χ0v) is 15.8. The standard InChI is InChI=1S/C19H17FN6OS/c1-25-16-12(9-23-26(19(16)27)10-11-5-3-2-4-6-11)17-18(25)24-15(28-17)7-14(22)13(20)8-21/h2-6,8-9,21H,7,10,22H2,1H3. The van der Waals surface area contributed by atoms with E-state index in [9.17, 15) is 9.18 Å². The van der Waals surface area contributed by atoms with E-state index in [1.807, 2.05) is 30.3 Å². The lowest BCUT2D eigenvalue weighted by molar-refractivity contribution is 0.644. The molecule has 142 valence electrons. The summed E-state index contributed by atoms with van der Waals surface area (Å²) in [6.07, 6.45) is 2.36. The van der Waals surface area contributed by atoms with Crippen LogP contribution in [0.3, 0.4) is 0 Å². The van der Waals surface area contributed by atoms with E-state index in [1.165, 1.54) is 16.0 Å². The van der Waals surface area contributed by atoms with Crippen LogP contribution in [0.25, 0.3) is 21.3 Å². The molecule has 4 rings (SSSR count). The Morgan fingerprint density at radius 2 is 2.11 bits per heavy atom. The van der Waals surface area contributed by atoms with Crippen LogP contribution in [-0.4, -0.2) is 25.5 Å². The van der Waals surface area contributed by atoms with Gasteiger partial charge in [-0.2, -0.15) is 5.10 Å². The van der Waals surface area contributed by atoms with E-state index < -0.39 is 5.83 Å². The smallest absolute Gasteiger partial charge is 0.291 e. The number of benzene rings is 1. The first kappa shape index (κ1) is 18.1. The van der Waals surface area contributed by atoms with Crippen LogP contribution in [0.2, 0.25) is 0 Å². The molecule has 0 saturated carbocycles. The summed E-state index contributed by atoms with van der Waals surface area (Å²) in [6.45, 7) is 0.386. The van der Waals surface area contributed by atoms with Gasteiger partial charge in [-0.1, -0.05) is 30.3 Å². The Labute approximate surface area is 163 Å². The highest BCUT2D eigenvalue weighted by atomic mass is 32.1. The second kappa shape index (κ2) is 7.01. The first-order chi connectivity index (χ1) is 13.5. The molecule has 0 aliphatic carbocycles. The summed E-state index contributed by atoms with van der Waals surface area (Å²) in [4.78, 5) is 17.5. The van der Waals surface area contributed by atoms with Gasteiger partial charge in [0.05, 0.1) is 29.4 Å². The zero-order chi connectivity index (χ0) is 19.8. The Bertz CT molecular complexity index is 1280. The topological polar surface area (TPSA) is 103 Å². The second-order valence-electron chi connectivity index (χ2n) is 6.37. The molecule has 0 fully saturated rings. The van der Waals surface area contributed by atoms with Gasteiger partial charge in [-0.05, 0) is 5.56 Å². The van der Waals surface area contributed by atoms with Crippen molar-refractivity contribution < 1.29 is 4.39 Å². The monoisotopic (exact) mass is 396 g/mol. The molecule has 28 heavy (non-hydrogen) atoms. The molecule has 3 N–H and O–H groups in total. The number of nitrogens with one attached hydrogen (secondary N) is 1. The molecule has 7 nitrogen and oxygen atoms in total. The molecule has 3 aromatic heterocycles. The number of halogens is 1. The highest BCUT2D eigenvalue weighted by Gasteiger charge is 2.18.